The number of nitrogens with one attached hydrogen (secondary N) is 2. The molecular weight excluding hydrogens is 539 g/mol. The lowest BCUT2D eigenvalue weighted by atomic mass is 10.0. The Labute approximate surface area is 232 Å². The number of rotatable bonds is 6. The van der Waals surface area contributed by atoms with E-state index in [1.807, 2.05) is 48.5 Å². The number of benzene rings is 3. The molecule has 2 aromatic heterocycles. The Kier molecular flexibility index (Phi) is 7.51. The minimum atomic E-state index is -0.380. The molecule has 3 aromatic carbocycles. The largest absolute Gasteiger partial charge is 0.321 e. The summed E-state index contributed by atoms with van der Waals surface area (Å²) in [4.78, 5) is 30.8. The van der Waals surface area contributed by atoms with Crippen LogP contribution in [0.3, 0.4) is 0 Å². The molecular formula is C29H20Cl2N4O2S. The van der Waals surface area contributed by atoms with Gasteiger partial charge in [-0.15, -0.1) is 11.3 Å². The van der Waals surface area contributed by atoms with Gasteiger partial charge in [0.25, 0.3) is 11.8 Å². The molecule has 0 unspecified atom stereocenters. The van der Waals surface area contributed by atoms with E-state index in [1.54, 1.807) is 49.4 Å². The molecule has 0 saturated heterocycles. The molecule has 0 bridgehead atoms. The Balaban J connectivity index is 1.35. The SMILES string of the molecule is C/C(=N\NC(=O)c1cc(-c2ccccc2)nc2c(Cl)cccc12)c1ccc(NC(=O)c2ccc(Cl)s2)cc1. The van der Waals surface area contributed by atoms with Crippen molar-refractivity contribution in [2.45, 2.75) is 6.92 Å². The van der Waals surface area contributed by atoms with Gasteiger partial charge in [-0.05, 0) is 48.9 Å². The second-order valence-corrected chi connectivity index (χ2v) is 10.5. The molecule has 0 radical (unpaired) electrons. The fourth-order valence-electron chi connectivity index (χ4n) is 3.84. The number of nitrogens with zero attached hydrogens (tertiary/aromatic N) is 2. The van der Waals surface area contributed by atoms with Crippen molar-refractivity contribution < 1.29 is 9.59 Å². The number of halogens is 2. The maximum Gasteiger partial charge on any atom is 0.272 e. The van der Waals surface area contributed by atoms with Crippen LogP contribution < -0.4 is 10.7 Å². The highest BCUT2D eigenvalue weighted by Crippen LogP contribution is 2.29. The normalized spacial score (nSPS) is 11.4. The number of amides is 2. The average molecular weight is 559 g/mol. The van der Waals surface area contributed by atoms with Crippen LogP contribution in [-0.4, -0.2) is 22.5 Å². The number of carbonyl (C=O) groups excluding carboxylic acids is 2. The number of aromatic nitrogens is 1. The smallest absolute Gasteiger partial charge is 0.272 e. The second-order valence-electron chi connectivity index (χ2n) is 8.33. The lowest BCUT2D eigenvalue weighted by Crippen LogP contribution is -2.20. The molecule has 2 heterocycles. The quantitative estimate of drug-likeness (QED) is 0.165. The van der Waals surface area contributed by atoms with Crippen molar-refractivity contribution in [3.8, 4) is 11.3 Å². The molecule has 38 heavy (non-hydrogen) atoms. The Morgan fingerprint density at radius 3 is 2.34 bits per heavy atom. The monoisotopic (exact) mass is 558 g/mol. The first-order valence-corrected chi connectivity index (χ1v) is 13.1. The molecule has 0 aliphatic carbocycles. The third kappa shape index (κ3) is 5.60. The molecule has 5 rings (SSSR count). The summed E-state index contributed by atoms with van der Waals surface area (Å²) in [5.41, 5.74) is 7.15. The zero-order valence-electron chi connectivity index (χ0n) is 20.0. The van der Waals surface area contributed by atoms with Crippen molar-refractivity contribution in [2.24, 2.45) is 5.10 Å². The average Bonchev–Trinajstić information content (AvgIpc) is 3.38. The lowest BCUT2D eigenvalue weighted by molar-refractivity contribution is 0.0955. The summed E-state index contributed by atoms with van der Waals surface area (Å²) in [6, 6.07) is 27.2. The first-order chi connectivity index (χ1) is 18.4. The van der Waals surface area contributed by atoms with Crippen LogP contribution in [0.5, 0.6) is 0 Å². The van der Waals surface area contributed by atoms with E-state index in [9.17, 15) is 9.59 Å². The Hall–Kier alpha value is -4.04. The highest BCUT2D eigenvalue weighted by atomic mass is 35.5. The number of fused-ring (bicyclic) bond motifs is 1. The van der Waals surface area contributed by atoms with Crippen molar-refractivity contribution in [1.82, 2.24) is 10.4 Å². The number of anilines is 1. The van der Waals surface area contributed by atoms with E-state index >= 15 is 0 Å². The summed E-state index contributed by atoms with van der Waals surface area (Å²) in [7, 11) is 0. The van der Waals surface area contributed by atoms with Crippen LogP contribution in [0.1, 0.15) is 32.5 Å². The summed E-state index contributed by atoms with van der Waals surface area (Å²) in [5, 5.41) is 8.24. The van der Waals surface area contributed by atoms with E-state index in [4.69, 9.17) is 28.2 Å². The fraction of sp³-hybridized carbons (Fsp3) is 0.0345. The van der Waals surface area contributed by atoms with Crippen LogP contribution in [0.4, 0.5) is 5.69 Å². The van der Waals surface area contributed by atoms with Gasteiger partial charge in [-0.25, -0.2) is 10.4 Å². The van der Waals surface area contributed by atoms with E-state index in [1.165, 1.54) is 11.3 Å². The molecule has 2 N–H and O–H groups in total. The lowest BCUT2D eigenvalue weighted by Gasteiger charge is -2.10. The van der Waals surface area contributed by atoms with Crippen molar-refractivity contribution in [2.75, 3.05) is 5.32 Å². The van der Waals surface area contributed by atoms with Crippen LogP contribution in [0.15, 0.2) is 96.1 Å². The molecule has 0 aliphatic rings. The topological polar surface area (TPSA) is 83.4 Å². The first-order valence-electron chi connectivity index (χ1n) is 11.6. The Morgan fingerprint density at radius 2 is 1.63 bits per heavy atom. The molecule has 0 saturated carbocycles. The third-order valence-corrected chi connectivity index (χ3v) is 7.32. The van der Waals surface area contributed by atoms with Crippen molar-refractivity contribution in [3.05, 3.63) is 116 Å². The number of thiophene rings is 1. The maximum absolute atomic E-state index is 13.3. The molecule has 0 fully saturated rings. The molecule has 5 aromatic rings. The highest BCUT2D eigenvalue weighted by molar-refractivity contribution is 7.18. The standard InChI is InChI=1S/C29H20Cl2N4O2S/c1-17(18-10-12-20(13-11-18)32-29(37)25-14-15-26(31)38-25)34-35-28(36)22-16-24(19-6-3-2-4-7-19)33-27-21(22)8-5-9-23(27)30/h2-16H,1H3,(H,32,37)(H,35,36)/b34-17+. The number of pyridine rings is 1. The predicted octanol–water partition coefficient (Wildman–Crippen LogP) is 7.68. The maximum atomic E-state index is 13.3. The van der Waals surface area contributed by atoms with Gasteiger partial charge in [-0.3, -0.25) is 9.59 Å². The summed E-state index contributed by atoms with van der Waals surface area (Å²) < 4.78 is 0.554. The number of hydrogen-bond donors (Lipinski definition) is 2. The number of hydrogen-bond acceptors (Lipinski definition) is 5. The summed E-state index contributed by atoms with van der Waals surface area (Å²) in [5.74, 6) is -0.610. The van der Waals surface area contributed by atoms with Crippen LogP contribution in [0.2, 0.25) is 9.36 Å². The fourth-order valence-corrected chi connectivity index (χ4v) is 5.00. The van der Waals surface area contributed by atoms with E-state index in [0.29, 0.717) is 47.8 Å². The Morgan fingerprint density at radius 1 is 0.868 bits per heavy atom. The van der Waals surface area contributed by atoms with Gasteiger partial charge in [0.1, 0.15) is 0 Å². The van der Waals surface area contributed by atoms with Crippen molar-refractivity contribution in [1.29, 1.82) is 0 Å². The van der Waals surface area contributed by atoms with E-state index in [0.717, 1.165) is 11.1 Å². The minimum absolute atomic E-state index is 0.230. The van der Waals surface area contributed by atoms with Crippen molar-refractivity contribution in [3.63, 3.8) is 0 Å². The second kappa shape index (κ2) is 11.1. The summed E-state index contributed by atoms with van der Waals surface area (Å²) in [6.07, 6.45) is 0. The minimum Gasteiger partial charge on any atom is -0.321 e. The molecule has 0 atom stereocenters. The van der Waals surface area contributed by atoms with Crippen LogP contribution in [0.25, 0.3) is 22.2 Å². The van der Waals surface area contributed by atoms with Gasteiger partial charge in [-0.2, -0.15) is 5.10 Å². The van der Waals surface area contributed by atoms with Gasteiger partial charge in [0, 0.05) is 16.6 Å². The van der Waals surface area contributed by atoms with Crippen molar-refractivity contribution >= 4 is 68.7 Å². The number of carbonyl (C=O) groups is 2. The molecule has 2 amide bonds. The van der Waals surface area contributed by atoms with E-state index in [-0.39, 0.29) is 11.8 Å². The zero-order valence-corrected chi connectivity index (χ0v) is 22.4. The molecule has 9 heteroatoms. The summed E-state index contributed by atoms with van der Waals surface area (Å²) >= 11 is 13.6. The molecule has 188 valence electrons. The van der Waals surface area contributed by atoms with Gasteiger partial charge in [0.2, 0.25) is 0 Å². The van der Waals surface area contributed by atoms with Crippen LogP contribution >= 0.6 is 34.5 Å². The highest BCUT2D eigenvalue weighted by Gasteiger charge is 2.16. The van der Waals surface area contributed by atoms with Crippen LogP contribution in [-0.2, 0) is 0 Å². The third-order valence-electron chi connectivity index (χ3n) is 5.79. The first kappa shape index (κ1) is 25.6. The molecule has 0 aliphatic heterocycles. The number of hydrazone groups is 1. The van der Waals surface area contributed by atoms with E-state index in [2.05, 4.69) is 15.8 Å². The summed E-state index contributed by atoms with van der Waals surface area (Å²) in [6.45, 7) is 1.79. The predicted molar refractivity (Wildman–Crippen MR) is 156 cm³/mol. The molecule has 6 nitrogen and oxygen atoms in total. The van der Waals surface area contributed by atoms with Gasteiger partial charge >= 0.3 is 0 Å². The molecule has 0 spiro atoms. The van der Waals surface area contributed by atoms with Gasteiger partial charge < -0.3 is 5.32 Å². The van der Waals surface area contributed by atoms with Crippen LogP contribution in [0, 0.1) is 0 Å². The van der Waals surface area contributed by atoms with Gasteiger partial charge in [-0.1, -0.05) is 77.8 Å². The van der Waals surface area contributed by atoms with Gasteiger partial charge in [0.05, 0.1) is 36.7 Å². The number of para-hydroxylation sites is 1. The van der Waals surface area contributed by atoms with Gasteiger partial charge in [0.15, 0.2) is 0 Å². The Bertz CT molecular complexity index is 1680. The van der Waals surface area contributed by atoms with E-state index < -0.39 is 0 Å². The zero-order chi connectivity index (χ0) is 26.6.